The number of hydrogen-bond acceptors (Lipinski definition) is 2. The SMILES string of the molecule is CCC[N+](CC)(c1cccs1)C1CCc2c(O)cccc2C1. The van der Waals surface area contributed by atoms with Gasteiger partial charge in [-0.25, -0.2) is 0 Å². The number of thiophene rings is 1. The lowest BCUT2D eigenvalue weighted by Gasteiger charge is -2.44. The van der Waals surface area contributed by atoms with Gasteiger partial charge in [0.05, 0.1) is 19.1 Å². The number of phenolic OH excluding ortho intramolecular Hbond substituents is 1. The van der Waals surface area contributed by atoms with Gasteiger partial charge in [-0.05, 0) is 48.4 Å². The topological polar surface area (TPSA) is 20.2 Å². The number of nitrogens with zero attached hydrogens (tertiary/aromatic N) is 1. The zero-order valence-corrected chi connectivity index (χ0v) is 14.4. The van der Waals surface area contributed by atoms with E-state index in [1.54, 1.807) is 0 Å². The van der Waals surface area contributed by atoms with Gasteiger partial charge in [0.15, 0.2) is 5.00 Å². The first-order valence-corrected chi connectivity index (χ1v) is 9.29. The molecule has 2 aromatic rings. The lowest BCUT2D eigenvalue weighted by Crippen LogP contribution is -2.58. The van der Waals surface area contributed by atoms with Crippen molar-refractivity contribution in [2.75, 3.05) is 13.1 Å². The van der Waals surface area contributed by atoms with E-state index in [0.29, 0.717) is 11.8 Å². The quantitative estimate of drug-likeness (QED) is 0.789. The molecule has 1 aliphatic rings. The van der Waals surface area contributed by atoms with Crippen molar-refractivity contribution >= 4 is 16.3 Å². The second-order valence-corrected chi connectivity index (χ2v) is 7.26. The maximum Gasteiger partial charge on any atom is 0.188 e. The van der Waals surface area contributed by atoms with Gasteiger partial charge in [-0.3, -0.25) is 4.48 Å². The summed E-state index contributed by atoms with van der Waals surface area (Å²) in [5.41, 5.74) is 2.52. The Hall–Kier alpha value is -1.32. The highest BCUT2D eigenvalue weighted by Crippen LogP contribution is 2.38. The summed E-state index contributed by atoms with van der Waals surface area (Å²) in [6.07, 6.45) is 4.45. The van der Waals surface area contributed by atoms with Crippen LogP contribution in [0.1, 0.15) is 37.8 Å². The monoisotopic (exact) mass is 316 g/mol. The third-order valence-corrected chi connectivity index (χ3v) is 6.30. The molecule has 0 aliphatic heterocycles. The second kappa shape index (κ2) is 6.43. The molecule has 118 valence electrons. The highest BCUT2D eigenvalue weighted by atomic mass is 32.1. The summed E-state index contributed by atoms with van der Waals surface area (Å²) < 4.78 is 1.10. The summed E-state index contributed by atoms with van der Waals surface area (Å²) in [7, 11) is 0. The van der Waals surface area contributed by atoms with E-state index >= 15 is 0 Å². The van der Waals surface area contributed by atoms with Crippen molar-refractivity contribution in [3.8, 4) is 5.75 Å². The molecule has 1 aromatic heterocycles. The van der Waals surface area contributed by atoms with E-state index in [1.165, 1.54) is 29.1 Å². The fraction of sp³-hybridized carbons (Fsp3) is 0.474. The lowest BCUT2D eigenvalue weighted by atomic mass is 9.85. The van der Waals surface area contributed by atoms with E-state index in [9.17, 15) is 5.11 Å². The molecule has 1 aliphatic carbocycles. The molecule has 1 N–H and O–H groups in total. The van der Waals surface area contributed by atoms with E-state index < -0.39 is 0 Å². The summed E-state index contributed by atoms with van der Waals surface area (Å²) in [5, 5.41) is 13.8. The van der Waals surface area contributed by atoms with E-state index in [4.69, 9.17) is 0 Å². The molecule has 1 heterocycles. The number of likely N-dealkylation sites (N-methyl/N-ethyl adjacent to an activating group) is 1. The van der Waals surface area contributed by atoms with Crippen LogP contribution in [0.4, 0.5) is 5.00 Å². The molecule has 0 saturated carbocycles. The Morgan fingerprint density at radius 3 is 2.77 bits per heavy atom. The zero-order valence-electron chi connectivity index (χ0n) is 13.6. The fourth-order valence-corrected chi connectivity index (χ4v) is 5.19. The zero-order chi connectivity index (χ0) is 15.6. The van der Waals surface area contributed by atoms with Crippen molar-refractivity contribution in [1.82, 2.24) is 4.48 Å². The summed E-state index contributed by atoms with van der Waals surface area (Å²) >= 11 is 1.90. The number of fused-ring (bicyclic) bond motifs is 1. The minimum atomic E-state index is 0.483. The van der Waals surface area contributed by atoms with E-state index in [2.05, 4.69) is 37.4 Å². The molecule has 0 saturated heterocycles. The smallest absolute Gasteiger partial charge is 0.188 e. The van der Waals surface area contributed by atoms with Gasteiger partial charge in [-0.2, -0.15) is 0 Å². The number of benzene rings is 1. The molecule has 3 rings (SSSR count). The Labute approximate surface area is 137 Å². The van der Waals surface area contributed by atoms with Gasteiger partial charge in [0.25, 0.3) is 0 Å². The first-order valence-electron chi connectivity index (χ1n) is 8.41. The van der Waals surface area contributed by atoms with Crippen molar-refractivity contribution in [2.24, 2.45) is 0 Å². The molecular weight excluding hydrogens is 290 g/mol. The van der Waals surface area contributed by atoms with Crippen molar-refractivity contribution in [1.29, 1.82) is 0 Å². The number of aromatic hydroxyl groups is 1. The molecule has 3 heteroatoms. The number of rotatable bonds is 5. The molecule has 0 amide bonds. The number of hydrogen-bond donors (Lipinski definition) is 1. The van der Waals surface area contributed by atoms with Crippen LogP contribution in [0.2, 0.25) is 0 Å². The Bertz CT molecular complexity index is 622. The molecule has 1 aromatic carbocycles. The molecule has 0 bridgehead atoms. The van der Waals surface area contributed by atoms with Crippen LogP contribution in [0, 0.1) is 0 Å². The first kappa shape index (κ1) is 15.6. The predicted octanol–water partition coefficient (Wildman–Crippen LogP) is 4.75. The summed E-state index contributed by atoms with van der Waals surface area (Å²) in [4.78, 5) is 0. The van der Waals surface area contributed by atoms with Gasteiger partial charge >= 0.3 is 0 Å². The van der Waals surface area contributed by atoms with Gasteiger partial charge in [0, 0.05) is 18.9 Å². The van der Waals surface area contributed by atoms with Gasteiger partial charge in [-0.15, -0.1) is 0 Å². The molecule has 2 atom stereocenters. The maximum absolute atomic E-state index is 10.1. The van der Waals surface area contributed by atoms with Crippen molar-refractivity contribution in [2.45, 2.75) is 45.6 Å². The van der Waals surface area contributed by atoms with Crippen molar-refractivity contribution in [3.63, 3.8) is 0 Å². The van der Waals surface area contributed by atoms with Gasteiger partial charge in [-0.1, -0.05) is 30.4 Å². The summed E-state index contributed by atoms with van der Waals surface area (Å²) in [6.45, 7) is 6.97. The van der Waals surface area contributed by atoms with Crippen LogP contribution < -0.4 is 4.48 Å². The van der Waals surface area contributed by atoms with Gasteiger partial charge in [0.1, 0.15) is 5.75 Å². The first-order chi connectivity index (χ1) is 10.7. The Balaban J connectivity index is 1.97. The summed E-state index contributed by atoms with van der Waals surface area (Å²) in [6, 6.07) is 11.1. The average molecular weight is 316 g/mol. The third kappa shape index (κ3) is 2.57. The van der Waals surface area contributed by atoms with Crippen LogP contribution in [-0.4, -0.2) is 24.2 Å². The average Bonchev–Trinajstić information content (AvgIpc) is 3.07. The third-order valence-electron chi connectivity index (χ3n) is 5.26. The Kier molecular flexibility index (Phi) is 4.55. The standard InChI is InChI=1S/C19H25NOS/c1-3-12-20(4-2,19-9-6-13-22-19)16-10-11-17-15(14-16)7-5-8-18(17)21/h5-9,13,16H,3-4,10-12,14H2,1-2H3/p+1. The normalized spacial score (nSPS) is 20.4. The van der Waals surface area contributed by atoms with Crippen LogP contribution in [0.15, 0.2) is 35.7 Å². The highest BCUT2D eigenvalue weighted by molar-refractivity contribution is 7.13. The van der Waals surface area contributed by atoms with Gasteiger partial charge < -0.3 is 5.11 Å². The molecule has 0 radical (unpaired) electrons. The predicted molar refractivity (Wildman–Crippen MR) is 95.7 cm³/mol. The minimum absolute atomic E-state index is 0.483. The molecule has 0 spiro atoms. The van der Waals surface area contributed by atoms with Crippen molar-refractivity contribution in [3.05, 3.63) is 46.8 Å². The van der Waals surface area contributed by atoms with Crippen molar-refractivity contribution < 1.29 is 5.11 Å². The van der Waals surface area contributed by atoms with Crippen LogP contribution in [0.25, 0.3) is 0 Å². The second-order valence-electron chi connectivity index (χ2n) is 6.34. The Morgan fingerprint density at radius 1 is 1.23 bits per heavy atom. The fourth-order valence-electron chi connectivity index (χ4n) is 4.16. The molecule has 2 nitrogen and oxygen atoms in total. The lowest BCUT2D eigenvalue weighted by molar-refractivity contribution is 0.194. The van der Waals surface area contributed by atoms with Crippen LogP contribution in [0.5, 0.6) is 5.75 Å². The van der Waals surface area contributed by atoms with Gasteiger partial charge in [0.2, 0.25) is 0 Å². The van der Waals surface area contributed by atoms with E-state index in [1.807, 2.05) is 23.5 Å². The summed E-state index contributed by atoms with van der Waals surface area (Å²) in [5.74, 6) is 0.483. The van der Waals surface area contributed by atoms with E-state index in [0.717, 1.165) is 30.3 Å². The van der Waals surface area contributed by atoms with Crippen LogP contribution >= 0.6 is 11.3 Å². The number of phenols is 1. The highest BCUT2D eigenvalue weighted by Gasteiger charge is 2.40. The molecule has 22 heavy (non-hydrogen) atoms. The number of quaternary nitrogens is 1. The largest absolute Gasteiger partial charge is 0.508 e. The Morgan fingerprint density at radius 2 is 2.09 bits per heavy atom. The minimum Gasteiger partial charge on any atom is -0.508 e. The van der Waals surface area contributed by atoms with Crippen LogP contribution in [0.3, 0.4) is 0 Å². The van der Waals surface area contributed by atoms with Crippen LogP contribution in [-0.2, 0) is 12.8 Å². The molecule has 2 unspecified atom stereocenters. The van der Waals surface area contributed by atoms with E-state index in [-0.39, 0.29) is 0 Å². The molecular formula is C19H26NOS+. The maximum atomic E-state index is 10.1. The molecule has 0 fully saturated rings.